The van der Waals surface area contributed by atoms with Gasteiger partial charge in [-0.1, -0.05) is 0 Å². The van der Waals surface area contributed by atoms with Crippen LogP contribution in [0.2, 0.25) is 0 Å². The first kappa shape index (κ1) is 9.88. The fourth-order valence-electron chi connectivity index (χ4n) is 0.489. The van der Waals surface area contributed by atoms with Crippen LogP contribution in [0.15, 0.2) is 24.5 Å². The first-order chi connectivity index (χ1) is 4.30. The third-order valence-corrected chi connectivity index (χ3v) is 0.908. The third kappa shape index (κ3) is 2.64. The van der Waals surface area contributed by atoms with Crippen LogP contribution in [0.25, 0.3) is 0 Å². The van der Waals surface area contributed by atoms with E-state index < -0.39 is 5.97 Å². The van der Waals surface area contributed by atoms with Gasteiger partial charge >= 0.3 is 5.97 Å². The van der Waals surface area contributed by atoms with E-state index in [2.05, 4.69) is 4.98 Å². The van der Waals surface area contributed by atoms with E-state index in [1.807, 2.05) is 0 Å². The van der Waals surface area contributed by atoms with Crippen LogP contribution in [-0.4, -0.2) is 53.8 Å². The molecule has 0 aromatic carbocycles. The van der Waals surface area contributed by atoms with Crippen molar-refractivity contribution in [1.29, 1.82) is 0 Å². The number of carbonyl (C=O) groups is 1. The molecular formula is C6H5CaNO2. The van der Waals surface area contributed by atoms with Gasteiger partial charge in [-0.05, 0) is 12.1 Å². The van der Waals surface area contributed by atoms with Crippen LogP contribution in [0.3, 0.4) is 0 Å². The first-order valence-electron chi connectivity index (χ1n) is 2.44. The molecule has 2 radical (unpaired) electrons. The van der Waals surface area contributed by atoms with Gasteiger partial charge in [-0.3, -0.25) is 4.98 Å². The summed E-state index contributed by atoms with van der Waals surface area (Å²) < 4.78 is 0. The van der Waals surface area contributed by atoms with Gasteiger partial charge in [-0.25, -0.2) is 4.79 Å². The Morgan fingerprint density at radius 2 is 2.30 bits per heavy atom. The van der Waals surface area contributed by atoms with E-state index in [4.69, 9.17) is 5.11 Å². The predicted molar refractivity (Wildman–Crippen MR) is 37.0 cm³/mol. The molecule has 0 aliphatic heterocycles. The summed E-state index contributed by atoms with van der Waals surface area (Å²) in [5, 5.41) is 8.34. The zero-order valence-electron chi connectivity index (χ0n) is 5.32. The van der Waals surface area contributed by atoms with Gasteiger partial charge in [0.1, 0.15) is 0 Å². The molecule has 0 aliphatic rings. The van der Waals surface area contributed by atoms with Gasteiger partial charge in [0.05, 0.1) is 5.56 Å². The normalized spacial score (nSPS) is 8.00. The summed E-state index contributed by atoms with van der Waals surface area (Å²) >= 11 is 0. The van der Waals surface area contributed by atoms with Gasteiger partial charge in [0.15, 0.2) is 0 Å². The molecule has 0 atom stereocenters. The monoisotopic (exact) mass is 163 g/mol. The zero-order valence-corrected chi connectivity index (χ0v) is 7.53. The van der Waals surface area contributed by atoms with Crippen molar-refractivity contribution in [2.75, 3.05) is 0 Å². The number of rotatable bonds is 1. The minimum atomic E-state index is -0.942. The number of hydrogen-bond donors (Lipinski definition) is 1. The summed E-state index contributed by atoms with van der Waals surface area (Å²) in [6.45, 7) is 0. The largest absolute Gasteiger partial charge is 0.478 e. The number of carboxylic acid groups (broad SMARTS) is 1. The van der Waals surface area contributed by atoms with E-state index in [9.17, 15) is 4.79 Å². The molecule has 0 amide bonds. The van der Waals surface area contributed by atoms with Crippen LogP contribution in [0.1, 0.15) is 10.4 Å². The van der Waals surface area contributed by atoms with Crippen LogP contribution in [0.4, 0.5) is 0 Å². The van der Waals surface area contributed by atoms with Crippen LogP contribution in [0.5, 0.6) is 0 Å². The molecule has 0 aliphatic carbocycles. The molecule has 3 nitrogen and oxygen atoms in total. The summed E-state index contributed by atoms with van der Waals surface area (Å²) in [5.74, 6) is -0.942. The quantitative estimate of drug-likeness (QED) is 0.609. The van der Waals surface area contributed by atoms with Gasteiger partial charge in [-0.15, -0.1) is 0 Å². The van der Waals surface area contributed by atoms with E-state index >= 15 is 0 Å². The molecule has 1 rings (SSSR count). The second-order valence-electron chi connectivity index (χ2n) is 1.55. The Bertz CT molecular complexity index is 212. The van der Waals surface area contributed by atoms with E-state index in [0.29, 0.717) is 0 Å². The second kappa shape index (κ2) is 4.66. The molecule has 1 heterocycles. The van der Waals surface area contributed by atoms with Crippen LogP contribution in [0, 0.1) is 0 Å². The second-order valence-corrected chi connectivity index (χ2v) is 1.55. The van der Waals surface area contributed by atoms with Crippen molar-refractivity contribution in [1.82, 2.24) is 4.98 Å². The molecule has 1 aromatic heterocycles. The number of aromatic nitrogens is 1. The molecule has 4 heteroatoms. The van der Waals surface area contributed by atoms with Gasteiger partial charge in [0.2, 0.25) is 0 Å². The Kier molecular flexibility index (Phi) is 4.60. The summed E-state index contributed by atoms with van der Waals surface area (Å²) in [4.78, 5) is 13.8. The Morgan fingerprint density at radius 1 is 1.60 bits per heavy atom. The topological polar surface area (TPSA) is 50.2 Å². The molecule has 0 saturated heterocycles. The molecule has 0 saturated carbocycles. The maximum atomic E-state index is 10.2. The van der Waals surface area contributed by atoms with E-state index in [-0.39, 0.29) is 43.3 Å². The van der Waals surface area contributed by atoms with E-state index in [1.165, 1.54) is 18.5 Å². The number of hydrogen-bond acceptors (Lipinski definition) is 2. The number of nitrogens with zero attached hydrogens (tertiary/aromatic N) is 1. The van der Waals surface area contributed by atoms with Gasteiger partial charge < -0.3 is 5.11 Å². The van der Waals surface area contributed by atoms with Crippen molar-refractivity contribution in [3.8, 4) is 0 Å². The van der Waals surface area contributed by atoms with Crippen molar-refractivity contribution in [3.63, 3.8) is 0 Å². The van der Waals surface area contributed by atoms with Crippen LogP contribution < -0.4 is 0 Å². The summed E-state index contributed by atoms with van der Waals surface area (Å²) in [5.41, 5.74) is 0.220. The Hall–Kier alpha value is -0.120. The average Bonchev–Trinajstić information content (AvgIpc) is 1.90. The molecule has 0 fully saturated rings. The molecule has 1 N–H and O–H groups in total. The number of aromatic carboxylic acids is 1. The van der Waals surface area contributed by atoms with E-state index in [0.717, 1.165) is 0 Å². The van der Waals surface area contributed by atoms with Gasteiger partial charge in [0, 0.05) is 50.1 Å². The van der Waals surface area contributed by atoms with Crippen molar-refractivity contribution in [2.45, 2.75) is 0 Å². The maximum Gasteiger partial charge on any atom is 0.337 e. The predicted octanol–water partition coefficient (Wildman–Crippen LogP) is 0.399. The van der Waals surface area contributed by atoms with E-state index in [1.54, 1.807) is 6.07 Å². The molecule has 0 bridgehead atoms. The summed E-state index contributed by atoms with van der Waals surface area (Å²) in [6.07, 6.45) is 2.84. The zero-order chi connectivity index (χ0) is 6.69. The van der Waals surface area contributed by atoms with Gasteiger partial charge in [-0.2, -0.15) is 0 Å². The Balaban J connectivity index is 0.000000810. The average molecular weight is 163 g/mol. The molecule has 0 unspecified atom stereocenters. The summed E-state index contributed by atoms with van der Waals surface area (Å²) in [6, 6.07) is 3.08. The maximum absolute atomic E-state index is 10.2. The Morgan fingerprint density at radius 3 is 2.60 bits per heavy atom. The van der Waals surface area contributed by atoms with Crippen molar-refractivity contribution in [3.05, 3.63) is 30.1 Å². The Labute approximate surface area is 88.1 Å². The smallest absolute Gasteiger partial charge is 0.337 e. The molecule has 10 heavy (non-hydrogen) atoms. The fourth-order valence-corrected chi connectivity index (χ4v) is 0.489. The minimum absolute atomic E-state index is 0. The first-order valence-corrected chi connectivity index (χ1v) is 2.44. The summed E-state index contributed by atoms with van der Waals surface area (Å²) in [7, 11) is 0. The molecule has 48 valence electrons. The van der Waals surface area contributed by atoms with Gasteiger partial charge in [0.25, 0.3) is 0 Å². The van der Waals surface area contributed by atoms with Crippen molar-refractivity contribution in [2.24, 2.45) is 0 Å². The number of pyridine rings is 1. The van der Waals surface area contributed by atoms with Crippen LogP contribution in [-0.2, 0) is 0 Å². The molecule has 0 spiro atoms. The molecule has 1 aromatic rings. The van der Waals surface area contributed by atoms with Crippen molar-refractivity contribution < 1.29 is 9.90 Å². The number of carboxylic acids is 1. The van der Waals surface area contributed by atoms with Crippen molar-refractivity contribution >= 4 is 43.7 Å². The third-order valence-electron chi connectivity index (χ3n) is 0.908. The minimum Gasteiger partial charge on any atom is -0.478 e. The van der Waals surface area contributed by atoms with Crippen LogP contribution >= 0.6 is 0 Å². The molecular weight excluding hydrogens is 158 g/mol. The SMILES string of the molecule is O=C(O)c1cccnc1.[Ca]. The fraction of sp³-hybridized carbons (Fsp3) is 0. The standard InChI is InChI=1S/C6H5NO2.Ca/c8-6(9)5-2-1-3-7-4-5;/h1-4H,(H,8,9);.